The van der Waals surface area contributed by atoms with E-state index in [0.717, 1.165) is 0 Å². The quantitative estimate of drug-likeness (QED) is 0.387. The Morgan fingerprint density at radius 3 is 2.55 bits per heavy atom. The van der Waals surface area contributed by atoms with Crippen molar-refractivity contribution in [3.8, 4) is 0 Å². The van der Waals surface area contributed by atoms with E-state index in [9.17, 15) is 4.79 Å². The van der Waals surface area contributed by atoms with Crippen LogP contribution in [0.2, 0.25) is 0 Å². The third-order valence-electron chi connectivity index (χ3n) is 0.961. The summed E-state index contributed by atoms with van der Waals surface area (Å²) in [7, 11) is 0. The Hall–Kier alpha value is -0.690. The maximum Gasteiger partial charge on any atom is 0.339 e. The molecule has 0 aromatic rings. The maximum atomic E-state index is 10.8. The van der Waals surface area contributed by atoms with Gasteiger partial charge in [-0.05, 0) is 6.92 Å². The summed E-state index contributed by atoms with van der Waals surface area (Å²) in [5.41, 5.74) is 0. The van der Waals surface area contributed by atoms with Gasteiger partial charge in [-0.1, -0.05) is 0 Å². The highest BCUT2D eigenvalue weighted by Crippen LogP contribution is 1.91. The van der Waals surface area contributed by atoms with Crippen LogP contribution in [0.15, 0.2) is 0 Å². The number of esters is 1. The van der Waals surface area contributed by atoms with Crippen LogP contribution in [0.5, 0.6) is 0 Å². The summed E-state index contributed by atoms with van der Waals surface area (Å²) in [6.45, 7) is 1.83. The van der Waals surface area contributed by atoms with Crippen molar-refractivity contribution in [1.82, 2.24) is 0 Å². The Bertz CT molecular complexity index is 119. The van der Waals surface area contributed by atoms with Crippen LogP contribution in [0, 0.1) is 0 Å². The molecule has 1 unspecified atom stereocenters. The molecule has 0 bridgehead atoms. The van der Waals surface area contributed by atoms with Crippen molar-refractivity contribution in [2.24, 2.45) is 11.8 Å². The first kappa shape index (κ1) is 10.3. The molecule has 0 aliphatic carbocycles. The lowest BCUT2D eigenvalue weighted by atomic mass is 10.4. The molecule has 66 valence electrons. The van der Waals surface area contributed by atoms with Gasteiger partial charge in [0.15, 0.2) is 0 Å². The number of hydrogen-bond acceptors (Lipinski definition) is 6. The van der Waals surface area contributed by atoms with E-state index in [1.807, 2.05) is 0 Å². The predicted octanol–water partition coefficient (Wildman–Crippen LogP) is -1.30. The molecule has 4 N–H and O–H groups in total. The lowest BCUT2D eigenvalue weighted by molar-refractivity contribution is -0.161. The van der Waals surface area contributed by atoms with Crippen LogP contribution in [0.25, 0.3) is 0 Å². The molecule has 0 rings (SSSR count). The lowest BCUT2D eigenvalue weighted by Crippen LogP contribution is -2.34. The highest BCUT2D eigenvalue weighted by Gasteiger charge is 2.19. The van der Waals surface area contributed by atoms with Crippen LogP contribution in [-0.4, -0.2) is 25.3 Å². The monoisotopic (exact) mass is 164 g/mol. The standard InChI is InChI=1S/C5H12N2O4/c1-2-9-5(8)4(11-7)3-10-6/h4H,2-3,6-7H2,1H3. The van der Waals surface area contributed by atoms with Crippen LogP contribution >= 0.6 is 0 Å². The van der Waals surface area contributed by atoms with Crippen LogP contribution in [0.1, 0.15) is 6.92 Å². The van der Waals surface area contributed by atoms with Gasteiger partial charge in [0.1, 0.15) is 6.61 Å². The van der Waals surface area contributed by atoms with Gasteiger partial charge < -0.3 is 9.57 Å². The van der Waals surface area contributed by atoms with Gasteiger partial charge >= 0.3 is 5.97 Å². The molecule has 6 heteroatoms. The first-order chi connectivity index (χ1) is 5.26. The molecule has 0 heterocycles. The van der Waals surface area contributed by atoms with E-state index in [1.54, 1.807) is 6.92 Å². The molecule has 6 nitrogen and oxygen atoms in total. The van der Waals surface area contributed by atoms with Gasteiger partial charge in [-0.2, -0.15) is 0 Å². The van der Waals surface area contributed by atoms with Gasteiger partial charge in [0.2, 0.25) is 6.10 Å². The summed E-state index contributed by atoms with van der Waals surface area (Å²) in [6, 6.07) is 0. The van der Waals surface area contributed by atoms with Gasteiger partial charge in [-0.15, -0.1) is 0 Å². The van der Waals surface area contributed by atoms with Gasteiger partial charge in [0.05, 0.1) is 6.61 Å². The molecular weight excluding hydrogens is 152 g/mol. The van der Waals surface area contributed by atoms with Crippen LogP contribution in [0.4, 0.5) is 0 Å². The van der Waals surface area contributed by atoms with Crippen molar-refractivity contribution in [2.45, 2.75) is 13.0 Å². The van der Waals surface area contributed by atoms with E-state index in [0.29, 0.717) is 0 Å². The highest BCUT2D eigenvalue weighted by atomic mass is 16.7. The molecule has 11 heavy (non-hydrogen) atoms. The second kappa shape index (κ2) is 6.05. The number of carbonyl (C=O) groups excluding carboxylic acids is 1. The zero-order chi connectivity index (χ0) is 8.69. The lowest BCUT2D eigenvalue weighted by Gasteiger charge is -2.10. The SMILES string of the molecule is CCOC(=O)C(CON)ON. The number of ether oxygens (including phenoxy) is 1. The van der Waals surface area contributed by atoms with Crippen LogP contribution in [0.3, 0.4) is 0 Å². The molecule has 0 saturated heterocycles. The molecule has 0 radical (unpaired) electrons. The average Bonchev–Trinajstić information content (AvgIpc) is 2.00. The Balaban J connectivity index is 3.71. The summed E-state index contributed by atoms with van der Waals surface area (Å²) in [6.07, 6.45) is -0.944. The van der Waals surface area contributed by atoms with E-state index in [2.05, 4.69) is 14.4 Å². The predicted molar refractivity (Wildman–Crippen MR) is 35.8 cm³/mol. The van der Waals surface area contributed by atoms with Crippen molar-refractivity contribution >= 4 is 5.97 Å². The van der Waals surface area contributed by atoms with Crippen LogP contribution < -0.4 is 11.8 Å². The van der Waals surface area contributed by atoms with E-state index >= 15 is 0 Å². The Morgan fingerprint density at radius 1 is 1.55 bits per heavy atom. The first-order valence-electron chi connectivity index (χ1n) is 3.10. The summed E-state index contributed by atoms with van der Waals surface area (Å²) in [4.78, 5) is 19.2. The largest absolute Gasteiger partial charge is 0.464 e. The molecule has 0 aromatic heterocycles. The molecule has 0 aliphatic rings. The number of hydrogen-bond donors (Lipinski definition) is 2. The van der Waals surface area contributed by atoms with E-state index < -0.39 is 12.1 Å². The number of nitrogens with two attached hydrogens (primary N) is 2. The molecule has 0 aliphatic heterocycles. The molecule has 1 atom stereocenters. The summed E-state index contributed by atoms with van der Waals surface area (Å²) >= 11 is 0. The summed E-state index contributed by atoms with van der Waals surface area (Å²) in [5.74, 6) is 8.87. The fourth-order valence-corrected chi connectivity index (χ4v) is 0.485. The summed E-state index contributed by atoms with van der Waals surface area (Å²) < 4.78 is 4.57. The van der Waals surface area contributed by atoms with E-state index in [4.69, 9.17) is 11.8 Å². The molecule has 0 spiro atoms. The molecule has 0 fully saturated rings. The van der Waals surface area contributed by atoms with Gasteiger partial charge in [0.25, 0.3) is 0 Å². The minimum atomic E-state index is -0.944. The second-order valence-corrected chi connectivity index (χ2v) is 1.71. The number of carbonyl (C=O) groups is 1. The minimum Gasteiger partial charge on any atom is -0.464 e. The second-order valence-electron chi connectivity index (χ2n) is 1.71. The van der Waals surface area contributed by atoms with E-state index in [1.165, 1.54) is 0 Å². The van der Waals surface area contributed by atoms with Crippen molar-refractivity contribution in [1.29, 1.82) is 0 Å². The van der Waals surface area contributed by atoms with Crippen LogP contribution in [-0.2, 0) is 19.2 Å². The van der Waals surface area contributed by atoms with Gasteiger partial charge in [0, 0.05) is 0 Å². The topological polar surface area (TPSA) is 96.8 Å². The minimum absolute atomic E-state index is 0.116. The van der Waals surface area contributed by atoms with Gasteiger partial charge in [-0.25, -0.2) is 16.6 Å². The molecular formula is C5H12N2O4. The van der Waals surface area contributed by atoms with Crippen molar-refractivity contribution < 1.29 is 19.2 Å². The molecule has 0 aromatic carbocycles. The maximum absolute atomic E-state index is 10.8. The Labute approximate surface area is 64.3 Å². The third-order valence-corrected chi connectivity index (χ3v) is 0.961. The van der Waals surface area contributed by atoms with Crippen molar-refractivity contribution in [3.63, 3.8) is 0 Å². The average molecular weight is 164 g/mol. The fraction of sp³-hybridized carbons (Fsp3) is 0.800. The smallest absolute Gasteiger partial charge is 0.339 e. The molecule has 0 saturated carbocycles. The van der Waals surface area contributed by atoms with Crippen molar-refractivity contribution in [3.05, 3.63) is 0 Å². The molecule has 0 amide bonds. The zero-order valence-electron chi connectivity index (χ0n) is 6.28. The summed E-state index contributed by atoms with van der Waals surface area (Å²) in [5, 5.41) is 0. The first-order valence-corrected chi connectivity index (χ1v) is 3.10. The third kappa shape index (κ3) is 3.89. The highest BCUT2D eigenvalue weighted by molar-refractivity contribution is 5.74. The zero-order valence-corrected chi connectivity index (χ0v) is 6.28. The Morgan fingerprint density at radius 2 is 2.18 bits per heavy atom. The van der Waals surface area contributed by atoms with E-state index in [-0.39, 0.29) is 13.2 Å². The van der Waals surface area contributed by atoms with Crippen molar-refractivity contribution in [2.75, 3.05) is 13.2 Å². The van der Waals surface area contributed by atoms with Gasteiger partial charge in [-0.3, -0.25) is 4.84 Å². The fourth-order valence-electron chi connectivity index (χ4n) is 0.485. The normalized spacial score (nSPS) is 12.6. The number of rotatable bonds is 5. The Kier molecular flexibility index (Phi) is 5.67.